The van der Waals surface area contributed by atoms with Gasteiger partial charge >= 0.3 is 0 Å². The Balaban J connectivity index is 2.00. The summed E-state index contributed by atoms with van der Waals surface area (Å²) >= 11 is 3.80. The maximum Gasteiger partial charge on any atom is 0.0601 e. The smallest absolute Gasteiger partial charge is 0.0601 e. The fourth-order valence-corrected chi connectivity index (χ4v) is 5.22. The summed E-state index contributed by atoms with van der Waals surface area (Å²) in [6.45, 7) is 11.9. The number of thioether (sulfide) groups is 1. The first-order valence-electron chi connectivity index (χ1n) is 10.8. The van der Waals surface area contributed by atoms with Crippen LogP contribution < -0.4 is 0 Å². The van der Waals surface area contributed by atoms with Gasteiger partial charge in [0, 0.05) is 5.75 Å². The van der Waals surface area contributed by atoms with Gasteiger partial charge in [0.25, 0.3) is 0 Å². The second kappa shape index (κ2) is 14.8. The van der Waals surface area contributed by atoms with Crippen LogP contribution in [0, 0.1) is 17.8 Å². The Morgan fingerprint density at radius 1 is 0.962 bits per heavy atom. The average Bonchev–Trinajstić information content (AvgIpc) is 3.08. The summed E-state index contributed by atoms with van der Waals surface area (Å²) in [5.74, 6) is 3.81. The third-order valence-electron chi connectivity index (χ3n) is 5.29. The largest absolute Gasteiger partial charge is 0.137 e. The Kier molecular flexibility index (Phi) is 13.6. The van der Waals surface area contributed by atoms with Gasteiger partial charge < -0.3 is 0 Å². The predicted octanol–water partition coefficient (Wildman–Crippen LogP) is 9.23. The maximum absolute atomic E-state index is 2.45. The zero-order chi connectivity index (χ0) is 19.2. The van der Waals surface area contributed by atoms with E-state index in [1.54, 1.807) is 5.57 Å². The molecule has 0 amide bonds. The van der Waals surface area contributed by atoms with Crippen molar-refractivity contribution in [2.75, 3.05) is 5.75 Å². The van der Waals surface area contributed by atoms with Gasteiger partial charge in [0.15, 0.2) is 0 Å². The van der Waals surface area contributed by atoms with Crippen LogP contribution in [0.15, 0.2) is 33.4 Å². The monoisotopic (exact) mass is 394 g/mol. The number of hydrogen-bond donors (Lipinski definition) is 0. The molecule has 0 aliphatic heterocycles. The Hall–Kier alpha value is -0.210. The van der Waals surface area contributed by atoms with Crippen molar-refractivity contribution in [2.45, 2.75) is 96.6 Å². The first kappa shape index (κ1) is 23.8. The van der Waals surface area contributed by atoms with Crippen molar-refractivity contribution in [1.29, 1.82) is 0 Å². The SMILES string of the molecule is C/C(=C\CSc1cccs1)CCCC(C)CCCC(C)CCCC(C)C. The minimum absolute atomic E-state index is 0.869. The number of allylic oxidation sites excluding steroid dienone is 1. The van der Waals surface area contributed by atoms with Gasteiger partial charge in [-0.2, -0.15) is 0 Å². The van der Waals surface area contributed by atoms with E-state index in [9.17, 15) is 0 Å². The van der Waals surface area contributed by atoms with Crippen molar-refractivity contribution >= 4 is 23.1 Å². The average molecular weight is 395 g/mol. The van der Waals surface area contributed by atoms with E-state index >= 15 is 0 Å². The number of rotatable bonds is 15. The Morgan fingerprint density at radius 3 is 2.15 bits per heavy atom. The summed E-state index contributed by atoms with van der Waals surface area (Å²) in [6.07, 6.45) is 15.0. The normalized spacial score (nSPS) is 14.8. The van der Waals surface area contributed by atoms with Crippen LogP contribution in [-0.4, -0.2) is 5.75 Å². The maximum atomic E-state index is 2.45. The summed E-state index contributed by atoms with van der Waals surface area (Å²) in [5, 5.41) is 2.16. The van der Waals surface area contributed by atoms with Crippen LogP contribution in [0.25, 0.3) is 0 Å². The van der Waals surface area contributed by atoms with Gasteiger partial charge in [-0.05, 0) is 49.0 Å². The lowest BCUT2D eigenvalue weighted by molar-refractivity contribution is 0.389. The van der Waals surface area contributed by atoms with E-state index in [-0.39, 0.29) is 0 Å². The summed E-state index contributed by atoms with van der Waals surface area (Å²) in [4.78, 5) is 0. The third-order valence-corrected chi connectivity index (χ3v) is 7.35. The molecule has 0 bridgehead atoms. The van der Waals surface area contributed by atoms with Gasteiger partial charge in [0.2, 0.25) is 0 Å². The first-order chi connectivity index (χ1) is 12.5. The second-order valence-electron chi connectivity index (χ2n) is 8.65. The molecule has 2 atom stereocenters. The van der Waals surface area contributed by atoms with Crippen LogP contribution in [0.5, 0.6) is 0 Å². The number of thiophene rings is 1. The molecule has 0 fully saturated rings. The lowest BCUT2D eigenvalue weighted by Gasteiger charge is -2.15. The van der Waals surface area contributed by atoms with Gasteiger partial charge in [-0.1, -0.05) is 90.4 Å². The Bertz CT molecular complexity index is 459. The molecule has 1 aromatic heterocycles. The third kappa shape index (κ3) is 13.0. The van der Waals surface area contributed by atoms with Crippen LogP contribution in [0.4, 0.5) is 0 Å². The van der Waals surface area contributed by atoms with Gasteiger partial charge in [-0.3, -0.25) is 0 Å². The molecule has 0 nitrogen and oxygen atoms in total. The predicted molar refractivity (Wildman–Crippen MR) is 124 cm³/mol. The molecule has 0 aromatic carbocycles. The van der Waals surface area contributed by atoms with Gasteiger partial charge in [0.1, 0.15) is 0 Å². The van der Waals surface area contributed by atoms with Crippen molar-refractivity contribution in [3.05, 3.63) is 29.2 Å². The van der Waals surface area contributed by atoms with Crippen LogP contribution in [-0.2, 0) is 0 Å². The van der Waals surface area contributed by atoms with Gasteiger partial charge in [0.05, 0.1) is 4.21 Å². The molecule has 0 N–H and O–H groups in total. The van der Waals surface area contributed by atoms with E-state index in [0.717, 1.165) is 23.5 Å². The molecule has 0 radical (unpaired) electrons. The molecule has 0 aliphatic carbocycles. The van der Waals surface area contributed by atoms with Crippen LogP contribution >= 0.6 is 23.1 Å². The van der Waals surface area contributed by atoms with E-state index in [0.29, 0.717) is 0 Å². The van der Waals surface area contributed by atoms with Crippen LogP contribution in [0.1, 0.15) is 92.4 Å². The highest BCUT2D eigenvalue weighted by atomic mass is 32.2. The first-order valence-corrected chi connectivity index (χ1v) is 12.7. The molecule has 0 saturated heterocycles. The van der Waals surface area contributed by atoms with Crippen molar-refractivity contribution in [1.82, 2.24) is 0 Å². The fourth-order valence-electron chi connectivity index (χ4n) is 3.42. The minimum Gasteiger partial charge on any atom is -0.137 e. The number of hydrogen-bond acceptors (Lipinski definition) is 2. The topological polar surface area (TPSA) is 0 Å². The molecule has 150 valence electrons. The molecule has 1 aromatic rings. The molecule has 1 rings (SSSR count). The van der Waals surface area contributed by atoms with Crippen LogP contribution in [0.3, 0.4) is 0 Å². The van der Waals surface area contributed by atoms with Crippen molar-refractivity contribution in [2.24, 2.45) is 17.8 Å². The van der Waals surface area contributed by atoms with Crippen molar-refractivity contribution in [3.63, 3.8) is 0 Å². The van der Waals surface area contributed by atoms with Crippen molar-refractivity contribution in [3.8, 4) is 0 Å². The molecule has 0 saturated carbocycles. The quantitative estimate of drug-likeness (QED) is 0.211. The fraction of sp³-hybridized carbons (Fsp3) is 0.750. The van der Waals surface area contributed by atoms with Gasteiger partial charge in [-0.15, -0.1) is 23.1 Å². The molecule has 2 heteroatoms. The lowest BCUT2D eigenvalue weighted by atomic mass is 9.91. The standard InChI is InChI=1S/C24H42S2/c1-20(2)10-6-11-21(3)12-7-13-22(4)14-8-15-23(5)17-19-26-24-16-9-18-25-24/h9,16-18,20-22H,6-8,10-15,19H2,1-5H3/b23-17+. The highest BCUT2D eigenvalue weighted by Gasteiger charge is 2.06. The van der Waals surface area contributed by atoms with Crippen molar-refractivity contribution < 1.29 is 0 Å². The molecular weight excluding hydrogens is 352 g/mol. The van der Waals surface area contributed by atoms with E-state index < -0.39 is 0 Å². The lowest BCUT2D eigenvalue weighted by Crippen LogP contribution is -2.00. The highest BCUT2D eigenvalue weighted by Crippen LogP contribution is 2.25. The summed E-state index contributed by atoms with van der Waals surface area (Å²) in [6, 6.07) is 4.35. The molecular formula is C24H42S2. The summed E-state index contributed by atoms with van der Waals surface area (Å²) in [7, 11) is 0. The summed E-state index contributed by atoms with van der Waals surface area (Å²) in [5.41, 5.74) is 1.57. The molecule has 26 heavy (non-hydrogen) atoms. The van der Waals surface area contributed by atoms with E-state index in [2.05, 4.69) is 58.2 Å². The Morgan fingerprint density at radius 2 is 1.58 bits per heavy atom. The second-order valence-corrected chi connectivity index (χ2v) is 10.9. The van der Waals surface area contributed by atoms with E-state index in [1.807, 2.05) is 23.1 Å². The molecule has 0 spiro atoms. The minimum atomic E-state index is 0.869. The summed E-state index contributed by atoms with van der Waals surface area (Å²) < 4.78 is 1.43. The highest BCUT2D eigenvalue weighted by molar-refractivity contribution is 8.01. The Labute approximate surface area is 172 Å². The van der Waals surface area contributed by atoms with E-state index in [4.69, 9.17) is 0 Å². The van der Waals surface area contributed by atoms with Gasteiger partial charge in [-0.25, -0.2) is 0 Å². The molecule has 1 heterocycles. The zero-order valence-corrected chi connectivity index (χ0v) is 19.6. The molecule has 0 aliphatic rings. The van der Waals surface area contributed by atoms with E-state index in [1.165, 1.54) is 62.0 Å². The van der Waals surface area contributed by atoms with Crippen LogP contribution in [0.2, 0.25) is 0 Å². The molecule has 2 unspecified atom stereocenters. The zero-order valence-electron chi connectivity index (χ0n) is 17.9.